The van der Waals surface area contributed by atoms with Crippen molar-refractivity contribution in [3.8, 4) is 22.6 Å². The Hall–Kier alpha value is -10.0. The normalized spacial score (nSPS) is 12.0. The van der Waals surface area contributed by atoms with Crippen LogP contribution >= 0.6 is 0 Å². The Morgan fingerprint density at radius 1 is 0.252 bits per heavy atom. The molecule has 0 atom stereocenters. The molecule has 11 aromatic carbocycles. The maximum atomic E-state index is 5.81. The van der Waals surface area contributed by atoms with E-state index in [0.29, 0.717) is 0 Å². The second kappa shape index (κ2) is 49.7. The van der Waals surface area contributed by atoms with E-state index in [1.54, 1.807) is 0 Å². The zero-order chi connectivity index (χ0) is 80.2. The monoisotopic (exact) mass is 1440 g/mol. The van der Waals surface area contributed by atoms with Crippen molar-refractivity contribution in [1.29, 1.82) is 0 Å². The second-order valence-corrected chi connectivity index (χ2v) is 23.9. The maximum Gasteiger partial charge on any atom is 0.151 e. The highest BCUT2D eigenvalue weighted by molar-refractivity contribution is 6.09. The van der Waals surface area contributed by atoms with Crippen molar-refractivity contribution in [3.63, 3.8) is 0 Å². The van der Waals surface area contributed by atoms with Crippen LogP contribution in [0, 0.1) is 0 Å². The summed E-state index contributed by atoms with van der Waals surface area (Å²) in [7, 11) is 10.6. The van der Waals surface area contributed by atoms with E-state index >= 15 is 0 Å². The number of rotatable bonds is 1. The van der Waals surface area contributed by atoms with Gasteiger partial charge in [0.05, 0.1) is 11.4 Å². The number of fused-ring (bicyclic) bond motifs is 11. The van der Waals surface area contributed by atoms with Gasteiger partial charge in [0.15, 0.2) is 11.5 Å². The van der Waals surface area contributed by atoms with E-state index < -0.39 is 0 Å². The number of anilines is 8. The van der Waals surface area contributed by atoms with Crippen LogP contribution < -0.4 is 24.3 Å². The predicted octanol–water partition coefficient (Wildman–Crippen LogP) is 31.3. The molecule has 572 valence electrons. The van der Waals surface area contributed by atoms with Gasteiger partial charge in [0.2, 0.25) is 0 Å². The molecule has 6 nitrogen and oxygen atoms in total. The van der Waals surface area contributed by atoms with Gasteiger partial charge in [-0.1, -0.05) is 366 Å². The molecule has 107 heavy (non-hydrogen) atoms. The second-order valence-electron chi connectivity index (χ2n) is 23.9. The summed E-state index contributed by atoms with van der Waals surface area (Å²) in [4.78, 5) is 9.03. The van der Waals surface area contributed by atoms with Gasteiger partial charge >= 0.3 is 0 Å². The van der Waals surface area contributed by atoms with Crippen molar-refractivity contribution in [2.24, 2.45) is 7.05 Å². The van der Waals surface area contributed by atoms with E-state index in [0.717, 1.165) is 35.7 Å². The third-order valence-electron chi connectivity index (χ3n) is 18.5. The van der Waals surface area contributed by atoms with Crippen molar-refractivity contribution in [2.75, 3.05) is 47.8 Å². The molecular formula is C101H137N5O. The third-order valence-corrected chi connectivity index (χ3v) is 18.5. The molecule has 0 spiro atoms. The number of aryl methyl sites for hydroxylation is 3. The maximum absolute atomic E-state index is 5.81. The molecule has 0 bridgehead atoms. The summed E-state index contributed by atoms with van der Waals surface area (Å²) in [6.07, 6.45) is 6.63. The topological polar surface area (TPSA) is 27.1 Å². The zero-order valence-corrected chi connectivity index (χ0v) is 71.6. The minimum Gasteiger partial charge on any atom is -0.453 e. The number of ether oxygens (including phenoxy) is 1. The number of hydrogen-bond acceptors (Lipinski definition) is 5. The van der Waals surface area contributed by atoms with Gasteiger partial charge in [-0.15, -0.1) is 0 Å². The van der Waals surface area contributed by atoms with Crippen molar-refractivity contribution < 1.29 is 4.74 Å². The van der Waals surface area contributed by atoms with Gasteiger partial charge in [0.25, 0.3) is 0 Å². The highest BCUT2D eigenvalue weighted by atomic mass is 16.5. The number of benzene rings is 11. The first-order chi connectivity index (χ1) is 52.3. The number of aromatic nitrogens is 1. The Morgan fingerprint density at radius 3 is 0.981 bits per heavy atom. The largest absolute Gasteiger partial charge is 0.453 e. The molecule has 1 aromatic heterocycles. The molecule has 0 unspecified atom stereocenters. The number of para-hydroxylation sites is 11. The van der Waals surface area contributed by atoms with Crippen LogP contribution in [0.1, 0.15) is 200 Å². The Labute approximate surface area is 652 Å². The average Bonchev–Trinajstić information content (AvgIpc) is 1.60. The Kier molecular flexibility index (Phi) is 43.2. The molecule has 4 aliphatic heterocycles. The number of nitrogens with zero attached hydrogens (tertiary/aromatic N) is 5. The summed E-state index contributed by atoms with van der Waals surface area (Å²) in [6, 6.07) is 93.8. The first-order valence-corrected chi connectivity index (χ1v) is 40.3. The first-order valence-electron chi connectivity index (χ1n) is 40.3. The molecule has 0 aliphatic carbocycles. The van der Waals surface area contributed by atoms with E-state index in [9.17, 15) is 0 Å². The molecule has 0 fully saturated rings. The molecule has 0 saturated heterocycles. The number of hydrogen-bond donors (Lipinski definition) is 0. The highest BCUT2D eigenvalue weighted by Gasteiger charge is 2.45. The molecular weight excluding hydrogens is 1300 g/mol. The molecule has 16 rings (SSSR count). The van der Waals surface area contributed by atoms with Crippen LogP contribution in [0.15, 0.2) is 267 Å². The van der Waals surface area contributed by atoms with Gasteiger partial charge in [-0.2, -0.15) is 0 Å². The van der Waals surface area contributed by atoms with Crippen LogP contribution in [-0.2, 0) is 30.7 Å². The van der Waals surface area contributed by atoms with Crippen LogP contribution in [0.25, 0.3) is 45.1 Å². The fourth-order valence-electron chi connectivity index (χ4n) is 12.9. The van der Waals surface area contributed by atoms with Crippen molar-refractivity contribution in [3.05, 3.63) is 300 Å². The first kappa shape index (κ1) is 93.0. The summed E-state index contributed by atoms with van der Waals surface area (Å²) < 4.78 is 8.07. The lowest BCUT2D eigenvalue weighted by atomic mass is 9.61. The molecule has 0 saturated carbocycles. The van der Waals surface area contributed by atoms with E-state index in [1.807, 2.05) is 175 Å². The zero-order valence-electron chi connectivity index (χ0n) is 71.6. The summed E-state index contributed by atoms with van der Waals surface area (Å²) in [5.41, 5.74) is 23.5. The summed E-state index contributed by atoms with van der Waals surface area (Å²) in [6.45, 7) is 49.5. The molecule has 0 N–H and O–H groups in total. The molecule has 0 amide bonds. The van der Waals surface area contributed by atoms with Crippen molar-refractivity contribution in [2.45, 2.75) is 190 Å². The predicted molar refractivity (Wildman–Crippen MR) is 486 cm³/mol. The Bertz CT molecular complexity index is 4240. The Morgan fingerprint density at radius 2 is 0.551 bits per heavy atom. The quantitative estimate of drug-likeness (QED) is 0.163. The van der Waals surface area contributed by atoms with E-state index in [4.69, 9.17) is 4.74 Å². The van der Waals surface area contributed by atoms with Crippen LogP contribution in [0.2, 0.25) is 0 Å². The van der Waals surface area contributed by atoms with Gasteiger partial charge in [0, 0.05) is 102 Å². The van der Waals surface area contributed by atoms with Crippen molar-refractivity contribution in [1.82, 2.24) is 4.57 Å². The van der Waals surface area contributed by atoms with Gasteiger partial charge in [0.1, 0.15) is 0 Å². The van der Waals surface area contributed by atoms with Gasteiger partial charge < -0.3 is 28.9 Å². The minimum atomic E-state index is 0.0739. The lowest BCUT2D eigenvalue weighted by molar-refractivity contribution is 0.307. The van der Waals surface area contributed by atoms with E-state index in [-0.39, 0.29) is 10.8 Å². The fraction of sp³-hybridized carbons (Fsp3) is 0.327. The Balaban J connectivity index is 0.000000429. The standard InChI is InChI=1S/C19H15N.C19H23N.C15H15N.C15H13N.C13H11NO.10C2H6/c1-20-18-10-6-5-9-16(18)17-13-15(11-12-19(17)20)14-7-3-2-4-8-14;1-18(2)14-10-6-8-12-16(14)20(5)17-13-9-7-11-15(17)19(18,3)4;2*1-16-14-8-4-2-6-12(14)10-11-13-7-3-5-9-15(13)16;1-14-10-6-2-4-8-12(10)15-13-9-5-3-7-11(13)14;10*1-2/h2-13H,1H3;6-13H,1-5H3;2-9H,10-11H2,1H3;2-11H,1H3;2-9H,1H3;10*1-2H3. The molecule has 5 heterocycles. The smallest absolute Gasteiger partial charge is 0.151 e. The summed E-state index contributed by atoms with van der Waals surface area (Å²) in [5.74, 6) is 1.83. The van der Waals surface area contributed by atoms with E-state index in [2.05, 4.69) is 330 Å². The SMILES string of the molecule is CC.CC.CC.CC.CC.CC.CC.CC.CC.CC.CN1c2ccccc2C(C)(C)C(C)(C)c2ccccc21.CN1c2ccccc2C=Cc2ccccc21.CN1c2ccccc2CCc2ccccc21.CN1c2ccccc2Oc2ccccc21.Cn1c2ccccc2c2cc(-c3ccccc3)ccc21. The van der Waals surface area contributed by atoms with E-state index in [1.165, 1.54) is 100 Å². The summed E-state index contributed by atoms with van der Waals surface area (Å²) in [5, 5.41) is 2.65. The van der Waals surface area contributed by atoms with Crippen LogP contribution in [0.5, 0.6) is 11.5 Å². The lowest BCUT2D eigenvalue weighted by Gasteiger charge is -2.42. The summed E-state index contributed by atoms with van der Waals surface area (Å²) >= 11 is 0. The van der Waals surface area contributed by atoms with Gasteiger partial charge in [-0.05, 0) is 136 Å². The molecule has 12 aromatic rings. The molecule has 0 radical (unpaired) electrons. The lowest BCUT2D eigenvalue weighted by Crippen LogP contribution is -2.39. The van der Waals surface area contributed by atoms with Gasteiger partial charge in [-0.3, -0.25) is 0 Å². The minimum absolute atomic E-state index is 0.0739. The average molecular weight is 1440 g/mol. The van der Waals surface area contributed by atoms with Crippen LogP contribution in [0.3, 0.4) is 0 Å². The highest BCUT2D eigenvalue weighted by Crippen LogP contribution is 2.53. The fourth-order valence-corrected chi connectivity index (χ4v) is 12.9. The van der Waals surface area contributed by atoms with Crippen LogP contribution in [-0.4, -0.2) is 32.8 Å². The molecule has 6 heteroatoms. The molecule has 4 aliphatic rings. The third kappa shape index (κ3) is 22.8. The van der Waals surface area contributed by atoms with Crippen molar-refractivity contribution >= 4 is 79.5 Å². The van der Waals surface area contributed by atoms with Gasteiger partial charge in [-0.25, -0.2) is 0 Å². The van der Waals surface area contributed by atoms with Crippen LogP contribution in [0.4, 0.5) is 45.5 Å².